The Labute approximate surface area is 280 Å². The summed E-state index contributed by atoms with van der Waals surface area (Å²) >= 11 is 0. The molecular weight excluding hydrogens is 650 g/mol. The molecular formula is C35H39F4N3O7. The van der Waals surface area contributed by atoms with Crippen molar-refractivity contribution in [3.05, 3.63) is 71.2 Å². The lowest BCUT2D eigenvalue weighted by atomic mass is 9.86. The summed E-state index contributed by atoms with van der Waals surface area (Å²) in [4.78, 5) is 32.0. The number of hydrogen-bond donors (Lipinski definition) is 3. The van der Waals surface area contributed by atoms with Crippen LogP contribution >= 0.6 is 0 Å². The van der Waals surface area contributed by atoms with Crippen LogP contribution in [0.2, 0.25) is 0 Å². The second-order valence-corrected chi connectivity index (χ2v) is 13.6. The average Bonchev–Trinajstić information content (AvgIpc) is 3.79. The van der Waals surface area contributed by atoms with Gasteiger partial charge in [0, 0.05) is 23.1 Å². The number of nitrogens with two attached hydrogens (primary N) is 1. The molecule has 14 heteroatoms. The molecule has 2 aliphatic rings. The Morgan fingerprint density at radius 1 is 1.06 bits per heavy atom. The third-order valence-electron chi connectivity index (χ3n) is 8.14. The van der Waals surface area contributed by atoms with E-state index in [1.54, 1.807) is 20.8 Å². The highest BCUT2D eigenvalue weighted by Gasteiger charge is 2.57. The number of benzene rings is 2. The molecule has 1 aromatic heterocycles. The van der Waals surface area contributed by atoms with E-state index in [1.165, 1.54) is 42.2 Å². The third kappa shape index (κ3) is 7.81. The largest absolute Gasteiger partial charge is 0.487 e. The van der Waals surface area contributed by atoms with Crippen molar-refractivity contribution in [2.75, 3.05) is 24.7 Å². The monoisotopic (exact) mass is 689 g/mol. The van der Waals surface area contributed by atoms with Gasteiger partial charge in [-0.1, -0.05) is 0 Å². The lowest BCUT2D eigenvalue weighted by Crippen LogP contribution is -2.44. The molecule has 264 valence electrons. The first kappa shape index (κ1) is 36.0. The molecule has 2 aromatic carbocycles. The number of pyridine rings is 1. The van der Waals surface area contributed by atoms with Gasteiger partial charge in [-0.05, 0) is 95.5 Å². The van der Waals surface area contributed by atoms with Crippen LogP contribution in [-0.2, 0) is 15.9 Å². The SMILES string of the molecule is CC(C)(C)OC(=O)N1C[C@@](C)(N)c2cc([C@](O)(CCC(=O)c3ccc(OC4CC4)c(OCCO)c3)C(F)(F)F)nc(-c3ccc(F)cc3)c21. The molecule has 1 amide bonds. The van der Waals surface area contributed by atoms with Crippen LogP contribution in [0.5, 0.6) is 11.5 Å². The summed E-state index contributed by atoms with van der Waals surface area (Å²) in [6.07, 6.45) is -6.34. The standard InChI is InChI=1S/C35H39F4N3O7/c1-32(2,3)49-31(45)42-19-33(4,40)24-18-28(41-29(30(24)42)20-5-8-22(36)9-6-20)34(46,35(37,38)39)14-13-25(44)21-7-12-26(48-23-10-11-23)27(17-21)47-16-15-43/h5-9,12,17-18,23,43,46H,10-11,13-16,19,40H2,1-4H3/t33-,34-/m1/s1. The van der Waals surface area contributed by atoms with Crippen LogP contribution in [0.1, 0.15) is 75.0 Å². The fourth-order valence-corrected chi connectivity index (χ4v) is 5.50. The number of ketones is 1. The zero-order valence-electron chi connectivity index (χ0n) is 27.6. The Hall–Kier alpha value is -4.27. The van der Waals surface area contributed by atoms with Crippen LogP contribution in [0.4, 0.5) is 28.0 Å². The number of carbonyl (C=O) groups excluding carboxylic acids is 2. The summed E-state index contributed by atoms with van der Waals surface area (Å²) in [6, 6.07) is 9.92. The molecule has 0 spiro atoms. The second-order valence-electron chi connectivity index (χ2n) is 13.6. The molecule has 5 rings (SSSR count). The normalized spacial score (nSPS) is 18.9. The molecule has 2 heterocycles. The Bertz CT molecular complexity index is 1720. The fraction of sp³-hybridized carbons (Fsp3) is 0.457. The maximum Gasteiger partial charge on any atom is 0.422 e. The van der Waals surface area contributed by atoms with Crippen LogP contribution in [0.25, 0.3) is 11.3 Å². The number of aliphatic hydroxyl groups excluding tert-OH is 1. The molecule has 1 fully saturated rings. The number of carbonyl (C=O) groups is 2. The molecule has 49 heavy (non-hydrogen) atoms. The zero-order chi connectivity index (χ0) is 35.9. The van der Waals surface area contributed by atoms with Crippen molar-refractivity contribution in [1.29, 1.82) is 0 Å². The van der Waals surface area contributed by atoms with Crippen LogP contribution in [0.3, 0.4) is 0 Å². The maximum atomic E-state index is 14.9. The van der Waals surface area contributed by atoms with Gasteiger partial charge in [0.2, 0.25) is 5.60 Å². The van der Waals surface area contributed by atoms with Gasteiger partial charge in [0.1, 0.15) is 18.0 Å². The number of rotatable bonds is 11. The number of amides is 1. The van der Waals surface area contributed by atoms with E-state index in [-0.39, 0.29) is 59.7 Å². The van der Waals surface area contributed by atoms with Crippen molar-refractivity contribution in [2.45, 2.75) is 82.4 Å². The van der Waals surface area contributed by atoms with Gasteiger partial charge >= 0.3 is 12.3 Å². The van der Waals surface area contributed by atoms with Gasteiger partial charge in [-0.3, -0.25) is 9.69 Å². The highest BCUT2D eigenvalue weighted by molar-refractivity contribution is 5.98. The smallest absolute Gasteiger partial charge is 0.422 e. The van der Waals surface area contributed by atoms with E-state index < -0.39 is 59.1 Å². The third-order valence-corrected chi connectivity index (χ3v) is 8.14. The van der Waals surface area contributed by atoms with E-state index in [1.807, 2.05) is 0 Å². The minimum atomic E-state index is -5.32. The molecule has 1 aliphatic carbocycles. The van der Waals surface area contributed by atoms with Crippen LogP contribution in [0, 0.1) is 5.82 Å². The first-order valence-electron chi connectivity index (χ1n) is 15.8. The van der Waals surface area contributed by atoms with E-state index in [0.717, 1.165) is 31.0 Å². The lowest BCUT2D eigenvalue weighted by molar-refractivity contribution is -0.270. The lowest BCUT2D eigenvalue weighted by Gasteiger charge is -2.32. The van der Waals surface area contributed by atoms with Gasteiger partial charge in [0.25, 0.3) is 0 Å². The second kappa shape index (κ2) is 13.2. The minimum Gasteiger partial charge on any atom is -0.487 e. The quantitative estimate of drug-likeness (QED) is 0.160. The molecule has 3 aromatic rings. The first-order chi connectivity index (χ1) is 22.8. The van der Waals surface area contributed by atoms with Crippen molar-refractivity contribution >= 4 is 17.6 Å². The molecule has 0 unspecified atom stereocenters. The molecule has 4 N–H and O–H groups in total. The van der Waals surface area contributed by atoms with Crippen molar-refractivity contribution in [1.82, 2.24) is 4.98 Å². The van der Waals surface area contributed by atoms with Gasteiger partial charge in [-0.2, -0.15) is 13.2 Å². The predicted molar refractivity (Wildman–Crippen MR) is 171 cm³/mol. The number of halogens is 4. The Balaban J connectivity index is 1.55. The summed E-state index contributed by atoms with van der Waals surface area (Å²) in [6.45, 7) is 5.85. The van der Waals surface area contributed by atoms with Crippen LogP contribution in [0.15, 0.2) is 48.5 Å². The zero-order valence-corrected chi connectivity index (χ0v) is 27.6. The van der Waals surface area contributed by atoms with Crippen molar-refractivity contribution in [3.8, 4) is 22.8 Å². The average molecular weight is 690 g/mol. The summed E-state index contributed by atoms with van der Waals surface area (Å²) in [7, 11) is 0. The van der Waals surface area contributed by atoms with Crippen molar-refractivity contribution in [2.24, 2.45) is 5.73 Å². The number of Topliss-reactive ketones (excluding diaryl/α,β-unsaturated/α-hetero) is 1. The number of anilines is 1. The van der Waals surface area contributed by atoms with E-state index in [4.69, 9.17) is 19.9 Å². The van der Waals surface area contributed by atoms with Crippen LogP contribution < -0.4 is 20.1 Å². The van der Waals surface area contributed by atoms with E-state index >= 15 is 0 Å². The number of aromatic nitrogens is 1. The molecule has 0 bridgehead atoms. The Morgan fingerprint density at radius 2 is 1.73 bits per heavy atom. The fourth-order valence-electron chi connectivity index (χ4n) is 5.50. The molecule has 10 nitrogen and oxygen atoms in total. The van der Waals surface area contributed by atoms with Gasteiger partial charge in [-0.15, -0.1) is 0 Å². The van der Waals surface area contributed by atoms with E-state index in [9.17, 15) is 37.4 Å². The predicted octanol–water partition coefficient (Wildman–Crippen LogP) is 6.14. The van der Waals surface area contributed by atoms with Crippen molar-refractivity contribution < 1.29 is 51.6 Å². The number of ether oxygens (including phenoxy) is 3. The van der Waals surface area contributed by atoms with E-state index in [0.29, 0.717) is 5.75 Å². The number of alkyl halides is 3. The molecule has 2 atom stereocenters. The van der Waals surface area contributed by atoms with E-state index in [2.05, 4.69) is 4.98 Å². The van der Waals surface area contributed by atoms with Crippen molar-refractivity contribution in [3.63, 3.8) is 0 Å². The Morgan fingerprint density at radius 3 is 2.33 bits per heavy atom. The van der Waals surface area contributed by atoms with Gasteiger partial charge in [0.05, 0.1) is 41.9 Å². The summed E-state index contributed by atoms with van der Waals surface area (Å²) in [5.74, 6) is -0.861. The topological polar surface area (TPSA) is 144 Å². The number of fused-ring (bicyclic) bond motifs is 1. The highest BCUT2D eigenvalue weighted by atomic mass is 19.4. The highest BCUT2D eigenvalue weighted by Crippen LogP contribution is 2.49. The molecule has 0 radical (unpaired) electrons. The van der Waals surface area contributed by atoms with Gasteiger partial charge in [-0.25, -0.2) is 14.2 Å². The number of nitrogens with zero attached hydrogens (tertiary/aromatic N) is 2. The molecule has 1 saturated carbocycles. The minimum absolute atomic E-state index is 0.00830. The number of hydrogen-bond acceptors (Lipinski definition) is 9. The summed E-state index contributed by atoms with van der Waals surface area (Å²) in [5, 5.41) is 20.7. The van der Waals surface area contributed by atoms with Gasteiger partial charge < -0.3 is 30.2 Å². The maximum absolute atomic E-state index is 14.9. The summed E-state index contributed by atoms with van der Waals surface area (Å²) in [5.41, 5.74) is -0.157. The molecule has 0 saturated heterocycles. The summed E-state index contributed by atoms with van der Waals surface area (Å²) < 4.78 is 75.5. The first-order valence-corrected chi connectivity index (χ1v) is 15.8. The molecule has 1 aliphatic heterocycles. The number of aliphatic hydroxyl groups is 2. The Kier molecular flexibility index (Phi) is 9.71. The van der Waals surface area contributed by atoms with Crippen LogP contribution in [-0.4, -0.2) is 64.7 Å². The van der Waals surface area contributed by atoms with Gasteiger partial charge in [0.15, 0.2) is 17.3 Å².